The molecular formula is C40H42F6O2. The molecule has 0 aliphatic heterocycles. The summed E-state index contributed by atoms with van der Waals surface area (Å²) in [4.78, 5) is 0. The van der Waals surface area contributed by atoms with Crippen LogP contribution >= 0.6 is 0 Å². The molecule has 5 rings (SSSR count). The molecule has 4 aromatic carbocycles. The molecule has 0 heterocycles. The minimum Gasteiger partial charge on any atom is -0.488 e. The summed E-state index contributed by atoms with van der Waals surface area (Å²) in [6, 6.07) is 17.2. The molecule has 48 heavy (non-hydrogen) atoms. The highest BCUT2D eigenvalue weighted by atomic mass is 19.3. The van der Waals surface area contributed by atoms with Crippen LogP contribution in [-0.4, -0.2) is 12.7 Å². The van der Waals surface area contributed by atoms with Crippen LogP contribution in [0.3, 0.4) is 0 Å². The van der Waals surface area contributed by atoms with Gasteiger partial charge in [-0.15, -0.1) is 0 Å². The Morgan fingerprint density at radius 1 is 0.646 bits per heavy atom. The van der Waals surface area contributed by atoms with Gasteiger partial charge in [-0.05, 0) is 97.4 Å². The quantitative estimate of drug-likeness (QED) is 0.0983. The molecule has 1 saturated carbocycles. The monoisotopic (exact) mass is 668 g/mol. The molecule has 0 radical (unpaired) electrons. The maximum absolute atomic E-state index is 15.4. The number of aryl methyl sites for hydroxylation is 1. The van der Waals surface area contributed by atoms with Crippen molar-refractivity contribution in [2.24, 2.45) is 0 Å². The van der Waals surface area contributed by atoms with Crippen molar-refractivity contribution in [3.05, 3.63) is 113 Å². The molecule has 0 atom stereocenters. The van der Waals surface area contributed by atoms with Gasteiger partial charge in [-0.3, -0.25) is 0 Å². The second-order valence-electron chi connectivity index (χ2n) is 12.7. The van der Waals surface area contributed by atoms with Crippen molar-refractivity contribution >= 4 is 0 Å². The van der Waals surface area contributed by atoms with Gasteiger partial charge in [0.05, 0.1) is 18.3 Å². The predicted molar refractivity (Wildman–Crippen MR) is 177 cm³/mol. The number of benzene rings is 4. The molecular weight excluding hydrogens is 626 g/mol. The van der Waals surface area contributed by atoms with E-state index < -0.39 is 41.2 Å². The highest BCUT2D eigenvalue weighted by Gasteiger charge is 2.37. The standard InChI is InChI=1S/C40H42F6O2/c1-3-5-7-8-26-9-15-31(16-10-26)40(45,46)48-32-17-11-27(12-18-32)28-13-19-33(35(41)22-28)29-14-20-34(36(42)23-29)30-24-37(43)39(38(44)25-30)47-21-6-4-2/h9-10,13-16,19-20,22-25,27,32H,3-8,11-12,17-18,21H2,1-2H3. The Morgan fingerprint density at radius 2 is 1.25 bits per heavy atom. The molecule has 2 nitrogen and oxygen atoms in total. The van der Waals surface area contributed by atoms with E-state index in [4.69, 9.17) is 9.47 Å². The zero-order valence-corrected chi connectivity index (χ0v) is 27.4. The number of ether oxygens (including phenoxy) is 2. The van der Waals surface area contributed by atoms with Crippen LogP contribution in [0.5, 0.6) is 5.75 Å². The van der Waals surface area contributed by atoms with Crippen LogP contribution in [0.1, 0.15) is 94.2 Å². The molecule has 0 saturated heterocycles. The van der Waals surface area contributed by atoms with Crippen LogP contribution in [0.25, 0.3) is 22.3 Å². The van der Waals surface area contributed by atoms with Crippen molar-refractivity contribution < 1.29 is 35.8 Å². The van der Waals surface area contributed by atoms with E-state index in [-0.39, 0.29) is 40.3 Å². The molecule has 1 fully saturated rings. The molecule has 4 aromatic rings. The lowest BCUT2D eigenvalue weighted by Gasteiger charge is -2.31. The van der Waals surface area contributed by atoms with Crippen LogP contribution in [0.2, 0.25) is 0 Å². The van der Waals surface area contributed by atoms with Gasteiger partial charge in [-0.25, -0.2) is 17.6 Å². The third kappa shape index (κ3) is 8.62. The van der Waals surface area contributed by atoms with E-state index in [9.17, 15) is 17.6 Å². The fourth-order valence-corrected chi connectivity index (χ4v) is 6.34. The molecule has 0 unspecified atom stereocenters. The Balaban J connectivity index is 1.20. The average molecular weight is 669 g/mol. The number of hydrogen-bond acceptors (Lipinski definition) is 2. The molecule has 1 aliphatic rings. The van der Waals surface area contributed by atoms with Gasteiger partial charge in [0, 0.05) is 11.1 Å². The zero-order valence-electron chi connectivity index (χ0n) is 27.4. The number of rotatable bonds is 14. The first-order valence-corrected chi connectivity index (χ1v) is 17.0. The second kappa shape index (κ2) is 16.1. The minimum atomic E-state index is -3.40. The van der Waals surface area contributed by atoms with Gasteiger partial charge in [-0.2, -0.15) is 8.78 Å². The highest BCUT2D eigenvalue weighted by Crippen LogP contribution is 2.40. The summed E-state index contributed by atoms with van der Waals surface area (Å²) in [5, 5.41) is 0. The fourth-order valence-electron chi connectivity index (χ4n) is 6.34. The largest absolute Gasteiger partial charge is 0.488 e. The Kier molecular flexibility index (Phi) is 11.9. The van der Waals surface area contributed by atoms with E-state index in [1.165, 1.54) is 30.3 Å². The van der Waals surface area contributed by atoms with Gasteiger partial charge in [-0.1, -0.05) is 81.6 Å². The molecule has 256 valence electrons. The Hall–Kier alpha value is -3.78. The normalized spacial score (nSPS) is 16.7. The van der Waals surface area contributed by atoms with Crippen LogP contribution in [0.15, 0.2) is 72.8 Å². The van der Waals surface area contributed by atoms with E-state index in [0.717, 1.165) is 61.4 Å². The zero-order chi connectivity index (χ0) is 34.3. The number of unbranched alkanes of at least 4 members (excludes halogenated alkanes) is 3. The van der Waals surface area contributed by atoms with Crippen LogP contribution in [0, 0.1) is 23.3 Å². The smallest absolute Gasteiger partial charge is 0.383 e. The topological polar surface area (TPSA) is 18.5 Å². The number of alkyl halides is 2. The Labute approximate surface area is 279 Å². The summed E-state index contributed by atoms with van der Waals surface area (Å²) in [6.45, 7) is 4.22. The maximum atomic E-state index is 15.4. The molecule has 0 amide bonds. The summed E-state index contributed by atoms with van der Waals surface area (Å²) in [5.41, 5.74) is 2.04. The summed E-state index contributed by atoms with van der Waals surface area (Å²) in [5.74, 6) is -3.68. The molecule has 0 bridgehead atoms. The van der Waals surface area contributed by atoms with Crippen molar-refractivity contribution in [3.8, 4) is 28.0 Å². The first-order valence-electron chi connectivity index (χ1n) is 17.0. The van der Waals surface area contributed by atoms with Crippen molar-refractivity contribution in [1.29, 1.82) is 0 Å². The lowest BCUT2D eigenvalue weighted by molar-refractivity contribution is -0.277. The second-order valence-corrected chi connectivity index (χ2v) is 12.7. The molecule has 0 spiro atoms. The lowest BCUT2D eigenvalue weighted by atomic mass is 9.82. The lowest BCUT2D eigenvalue weighted by Crippen LogP contribution is -2.29. The number of halogens is 6. The molecule has 0 aromatic heterocycles. The Bertz CT molecular complexity index is 1640. The van der Waals surface area contributed by atoms with Gasteiger partial charge in [0.2, 0.25) is 0 Å². The first-order chi connectivity index (χ1) is 23.1. The third-order valence-corrected chi connectivity index (χ3v) is 9.15. The van der Waals surface area contributed by atoms with Gasteiger partial charge in [0.25, 0.3) is 0 Å². The first kappa shape index (κ1) is 35.5. The van der Waals surface area contributed by atoms with Gasteiger partial charge >= 0.3 is 6.11 Å². The van der Waals surface area contributed by atoms with Crippen molar-refractivity contribution in [1.82, 2.24) is 0 Å². The SMILES string of the molecule is CCCCCc1ccc(C(F)(F)OC2CCC(c3ccc(-c4ccc(-c5cc(F)c(OCCCC)c(F)c5)c(F)c4)c(F)c3)CC2)cc1. The maximum Gasteiger partial charge on any atom is 0.383 e. The Morgan fingerprint density at radius 3 is 1.88 bits per heavy atom. The van der Waals surface area contributed by atoms with Crippen LogP contribution in [0.4, 0.5) is 26.3 Å². The third-order valence-electron chi connectivity index (χ3n) is 9.15. The van der Waals surface area contributed by atoms with Crippen molar-refractivity contribution in [2.75, 3.05) is 6.61 Å². The summed E-state index contributed by atoms with van der Waals surface area (Å²) < 4.78 is 100. The van der Waals surface area contributed by atoms with Gasteiger partial charge < -0.3 is 9.47 Å². The van der Waals surface area contributed by atoms with E-state index in [2.05, 4.69) is 6.92 Å². The molecule has 1 aliphatic carbocycles. The number of hydrogen-bond donors (Lipinski definition) is 0. The summed E-state index contributed by atoms with van der Waals surface area (Å²) in [6.07, 6.45) is 3.50. The fraction of sp³-hybridized carbons (Fsp3) is 0.400. The van der Waals surface area contributed by atoms with Crippen molar-refractivity contribution in [3.63, 3.8) is 0 Å². The van der Waals surface area contributed by atoms with Gasteiger partial charge in [0.15, 0.2) is 17.4 Å². The van der Waals surface area contributed by atoms with E-state index in [1.54, 1.807) is 24.3 Å². The summed E-state index contributed by atoms with van der Waals surface area (Å²) in [7, 11) is 0. The van der Waals surface area contributed by atoms with E-state index >= 15 is 8.78 Å². The van der Waals surface area contributed by atoms with Gasteiger partial charge in [0.1, 0.15) is 11.6 Å². The summed E-state index contributed by atoms with van der Waals surface area (Å²) >= 11 is 0. The highest BCUT2D eigenvalue weighted by molar-refractivity contribution is 5.72. The van der Waals surface area contributed by atoms with Crippen LogP contribution < -0.4 is 4.74 Å². The minimum absolute atomic E-state index is 0.000710. The predicted octanol–water partition coefficient (Wildman–Crippen LogP) is 12.3. The van der Waals surface area contributed by atoms with E-state index in [1.807, 2.05) is 6.92 Å². The molecule has 8 heteroatoms. The van der Waals surface area contributed by atoms with Crippen LogP contribution in [-0.2, 0) is 17.3 Å². The average Bonchev–Trinajstić information content (AvgIpc) is 3.06. The van der Waals surface area contributed by atoms with Crippen molar-refractivity contribution in [2.45, 2.75) is 96.2 Å². The molecule has 0 N–H and O–H groups in total. The van der Waals surface area contributed by atoms with E-state index in [0.29, 0.717) is 32.1 Å².